The van der Waals surface area contributed by atoms with Crippen LogP contribution < -0.4 is 15.8 Å². The molecule has 1 amide bonds. The van der Waals surface area contributed by atoms with Gasteiger partial charge in [0.1, 0.15) is 5.75 Å². The summed E-state index contributed by atoms with van der Waals surface area (Å²) in [6, 6.07) is 6.08. The highest BCUT2D eigenvalue weighted by Gasteiger charge is 2.16. The number of methoxy groups -OCH3 is 1. The number of benzene rings is 1. The lowest BCUT2D eigenvalue weighted by Gasteiger charge is -2.12. The molecule has 0 aromatic heterocycles. The monoisotopic (exact) mass is 262 g/mol. The predicted molar refractivity (Wildman–Crippen MR) is 76.1 cm³/mol. The van der Waals surface area contributed by atoms with Crippen molar-refractivity contribution < 1.29 is 9.53 Å². The van der Waals surface area contributed by atoms with Crippen molar-refractivity contribution in [2.75, 3.05) is 12.8 Å². The molecular formula is C15H22N2O2. The molecule has 0 unspecified atom stereocenters. The Hall–Kier alpha value is -1.71. The molecule has 1 aliphatic rings. The zero-order valence-corrected chi connectivity index (χ0v) is 11.4. The molecule has 0 bridgehead atoms. The Balaban J connectivity index is 1.81. The topological polar surface area (TPSA) is 64.3 Å². The summed E-state index contributed by atoms with van der Waals surface area (Å²) in [5.41, 5.74) is 7.54. The summed E-state index contributed by atoms with van der Waals surface area (Å²) in [5, 5.41) is 3.09. The van der Waals surface area contributed by atoms with Crippen molar-refractivity contribution in [3.8, 4) is 5.75 Å². The van der Waals surface area contributed by atoms with Crippen LogP contribution in [0.1, 0.15) is 37.7 Å². The molecule has 0 atom stereocenters. The maximum atomic E-state index is 11.8. The first-order valence-corrected chi connectivity index (χ1v) is 6.91. The molecule has 0 spiro atoms. The zero-order valence-electron chi connectivity index (χ0n) is 11.4. The molecule has 0 heterocycles. The van der Waals surface area contributed by atoms with E-state index < -0.39 is 0 Å². The van der Waals surface area contributed by atoms with Gasteiger partial charge in [0, 0.05) is 12.5 Å². The highest BCUT2D eigenvalue weighted by Crippen LogP contribution is 2.22. The number of rotatable bonds is 5. The van der Waals surface area contributed by atoms with E-state index >= 15 is 0 Å². The molecule has 1 aliphatic carbocycles. The molecule has 3 N–H and O–H groups in total. The minimum atomic E-state index is 0.140. The van der Waals surface area contributed by atoms with Gasteiger partial charge in [0.15, 0.2) is 0 Å². The smallest absolute Gasteiger partial charge is 0.220 e. The molecule has 1 fully saturated rings. The highest BCUT2D eigenvalue weighted by molar-refractivity contribution is 5.76. The van der Waals surface area contributed by atoms with Gasteiger partial charge in [-0.3, -0.25) is 4.79 Å². The first-order chi connectivity index (χ1) is 9.19. The van der Waals surface area contributed by atoms with E-state index in [1.54, 1.807) is 7.11 Å². The van der Waals surface area contributed by atoms with Gasteiger partial charge < -0.3 is 15.8 Å². The standard InChI is InChI=1S/C15H22N2O2/c1-19-14-8-6-11(10-13(14)16)7-9-15(18)17-12-4-2-3-5-12/h6,8,10,12H,2-5,7,9,16H2,1H3,(H,17,18). The van der Waals surface area contributed by atoms with Gasteiger partial charge in [-0.25, -0.2) is 0 Å². The molecule has 0 saturated heterocycles. The first-order valence-electron chi connectivity index (χ1n) is 6.91. The molecular weight excluding hydrogens is 240 g/mol. The number of aryl methyl sites for hydroxylation is 1. The quantitative estimate of drug-likeness (QED) is 0.800. The summed E-state index contributed by atoms with van der Waals surface area (Å²) in [6.07, 6.45) is 5.96. The summed E-state index contributed by atoms with van der Waals surface area (Å²) in [7, 11) is 1.60. The Labute approximate surface area is 114 Å². The van der Waals surface area contributed by atoms with Gasteiger partial charge in [-0.15, -0.1) is 0 Å². The van der Waals surface area contributed by atoms with E-state index in [0.717, 1.165) is 18.4 Å². The lowest BCUT2D eigenvalue weighted by atomic mass is 10.1. The number of hydrogen-bond acceptors (Lipinski definition) is 3. The number of nitrogens with one attached hydrogen (secondary N) is 1. The summed E-state index contributed by atoms with van der Waals surface area (Å²) >= 11 is 0. The fourth-order valence-electron chi connectivity index (χ4n) is 2.57. The van der Waals surface area contributed by atoms with E-state index in [9.17, 15) is 4.79 Å². The number of amides is 1. The average molecular weight is 262 g/mol. The third-order valence-corrected chi connectivity index (χ3v) is 3.66. The Morgan fingerprint density at radius 1 is 1.42 bits per heavy atom. The largest absolute Gasteiger partial charge is 0.495 e. The molecule has 1 aromatic carbocycles. The van der Waals surface area contributed by atoms with Gasteiger partial charge in [-0.05, 0) is 37.0 Å². The van der Waals surface area contributed by atoms with Crippen LogP contribution in [0.4, 0.5) is 5.69 Å². The Morgan fingerprint density at radius 2 is 2.16 bits per heavy atom. The fourth-order valence-corrected chi connectivity index (χ4v) is 2.57. The van der Waals surface area contributed by atoms with Gasteiger partial charge in [-0.2, -0.15) is 0 Å². The molecule has 1 aromatic rings. The fraction of sp³-hybridized carbons (Fsp3) is 0.533. The number of carbonyl (C=O) groups is 1. The number of nitrogen functional groups attached to an aromatic ring is 1. The minimum absolute atomic E-state index is 0.140. The van der Waals surface area contributed by atoms with Gasteiger partial charge >= 0.3 is 0 Å². The molecule has 1 saturated carbocycles. The molecule has 19 heavy (non-hydrogen) atoms. The summed E-state index contributed by atoms with van der Waals surface area (Å²) in [5.74, 6) is 0.820. The molecule has 0 aliphatic heterocycles. The third-order valence-electron chi connectivity index (χ3n) is 3.66. The summed E-state index contributed by atoms with van der Waals surface area (Å²) in [4.78, 5) is 11.8. The van der Waals surface area contributed by atoms with E-state index in [1.807, 2.05) is 18.2 Å². The normalized spacial score (nSPS) is 15.4. The molecule has 0 radical (unpaired) electrons. The van der Waals surface area contributed by atoms with E-state index in [2.05, 4.69) is 5.32 Å². The first kappa shape index (κ1) is 13.7. The van der Waals surface area contributed by atoms with Crippen molar-refractivity contribution in [2.24, 2.45) is 0 Å². The van der Waals surface area contributed by atoms with E-state index in [-0.39, 0.29) is 5.91 Å². The van der Waals surface area contributed by atoms with Crippen molar-refractivity contribution in [3.05, 3.63) is 23.8 Å². The second kappa shape index (κ2) is 6.45. The van der Waals surface area contributed by atoms with Crippen LogP contribution >= 0.6 is 0 Å². The maximum Gasteiger partial charge on any atom is 0.220 e. The minimum Gasteiger partial charge on any atom is -0.495 e. The van der Waals surface area contributed by atoms with E-state index in [4.69, 9.17) is 10.5 Å². The van der Waals surface area contributed by atoms with Crippen molar-refractivity contribution in [1.29, 1.82) is 0 Å². The maximum absolute atomic E-state index is 11.8. The second-order valence-electron chi connectivity index (χ2n) is 5.13. The SMILES string of the molecule is COc1ccc(CCC(=O)NC2CCCC2)cc1N. The Morgan fingerprint density at radius 3 is 2.79 bits per heavy atom. The number of anilines is 1. The van der Waals surface area contributed by atoms with Crippen LogP contribution in [0.3, 0.4) is 0 Å². The van der Waals surface area contributed by atoms with E-state index in [1.165, 1.54) is 12.8 Å². The molecule has 2 rings (SSSR count). The second-order valence-corrected chi connectivity index (χ2v) is 5.13. The average Bonchev–Trinajstić information content (AvgIpc) is 2.89. The van der Waals surface area contributed by atoms with Crippen molar-refractivity contribution in [1.82, 2.24) is 5.32 Å². The lowest BCUT2D eigenvalue weighted by Crippen LogP contribution is -2.32. The zero-order chi connectivity index (χ0) is 13.7. The third kappa shape index (κ3) is 3.88. The van der Waals surface area contributed by atoms with Crippen LogP contribution in [0, 0.1) is 0 Å². The number of nitrogens with two attached hydrogens (primary N) is 1. The molecule has 4 heteroatoms. The van der Waals surface area contributed by atoms with Gasteiger partial charge in [0.2, 0.25) is 5.91 Å². The van der Waals surface area contributed by atoms with Crippen LogP contribution in [0.25, 0.3) is 0 Å². The molecule has 104 valence electrons. The van der Waals surface area contributed by atoms with Crippen LogP contribution in [0.2, 0.25) is 0 Å². The molecule has 4 nitrogen and oxygen atoms in total. The number of carbonyl (C=O) groups excluding carboxylic acids is 1. The number of hydrogen-bond donors (Lipinski definition) is 2. The summed E-state index contributed by atoms with van der Waals surface area (Å²) in [6.45, 7) is 0. The van der Waals surface area contributed by atoms with Crippen LogP contribution in [0.5, 0.6) is 5.75 Å². The van der Waals surface area contributed by atoms with Crippen molar-refractivity contribution in [3.63, 3.8) is 0 Å². The predicted octanol–water partition coefficient (Wildman–Crippen LogP) is 2.27. The lowest BCUT2D eigenvalue weighted by molar-refractivity contribution is -0.121. The summed E-state index contributed by atoms with van der Waals surface area (Å²) < 4.78 is 5.11. The van der Waals surface area contributed by atoms with Crippen LogP contribution in [0.15, 0.2) is 18.2 Å². The van der Waals surface area contributed by atoms with E-state index in [0.29, 0.717) is 30.3 Å². The van der Waals surface area contributed by atoms with Crippen LogP contribution in [-0.2, 0) is 11.2 Å². The highest BCUT2D eigenvalue weighted by atomic mass is 16.5. The van der Waals surface area contributed by atoms with Gasteiger partial charge in [0.05, 0.1) is 12.8 Å². The van der Waals surface area contributed by atoms with Crippen LogP contribution in [-0.4, -0.2) is 19.1 Å². The van der Waals surface area contributed by atoms with Crippen molar-refractivity contribution >= 4 is 11.6 Å². The Bertz CT molecular complexity index is 440. The Kier molecular flexibility index (Phi) is 4.66. The van der Waals surface area contributed by atoms with Gasteiger partial charge in [0.25, 0.3) is 0 Å². The number of ether oxygens (including phenoxy) is 1. The van der Waals surface area contributed by atoms with Gasteiger partial charge in [-0.1, -0.05) is 18.9 Å². The van der Waals surface area contributed by atoms with Crippen molar-refractivity contribution in [2.45, 2.75) is 44.6 Å².